The van der Waals surface area contributed by atoms with Crippen molar-refractivity contribution in [1.82, 2.24) is 4.98 Å². The maximum absolute atomic E-state index is 5.61. The fraction of sp³-hybridized carbons (Fsp3) is 0.100. The zero-order chi connectivity index (χ0) is 9.97. The molecule has 4 heteroatoms. The number of nitrogens with zero attached hydrogens (tertiary/aromatic N) is 1. The van der Waals surface area contributed by atoms with Gasteiger partial charge < -0.3 is 4.74 Å². The van der Waals surface area contributed by atoms with Crippen LogP contribution in [-0.4, -0.2) is 4.98 Å². The van der Waals surface area contributed by atoms with Crippen molar-refractivity contribution in [3.05, 3.63) is 39.8 Å². The predicted molar refractivity (Wildman–Crippen MR) is 61.1 cm³/mol. The first kappa shape index (κ1) is 9.68. The number of halogens is 1. The Morgan fingerprint density at radius 3 is 3.00 bits per heavy atom. The van der Waals surface area contributed by atoms with Gasteiger partial charge >= 0.3 is 0 Å². The van der Waals surface area contributed by atoms with E-state index < -0.39 is 0 Å². The smallest absolute Gasteiger partial charge is 0.278 e. The number of ether oxygens (including phenoxy) is 1. The zero-order valence-electron chi connectivity index (χ0n) is 7.53. The van der Waals surface area contributed by atoms with Crippen LogP contribution < -0.4 is 4.74 Å². The van der Waals surface area contributed by atoms with E-state index in [4.69, 9.17) is 4.74 Å². The molecule has 1 aromatic carbocycles. The molecule has 0 aliphatic rings. The third-order valence-corrected chi connectivity index (χ3v) is 2.90. The summed E-state index contributed by atoms with van der Waals surface area (Å²) in [4.78, 5) is 4.06. The lowest BCUT2D eigenvalue weighted by Crippen LogP contribution is -1.86. The Morgan fingerprint density at radius 1 is 1.43 bits per heavy atom. The molecule has 0 radical (unpaired) electrons. The summed E-state index contributed by atoms with van der Waals surface area (Å²) in [5, 5.41) is 2.56. The molecule has 0 aliphatic heterocycles. The van der Waals surface area contributed by atoms with Gasteiger partial charge in [0.05, 0.1) is 0 Å². The summed E-state index contributed by atoms with van der Waals surface area (Å²) in [5.74, 6) is 0.842. The largest absolute Gasteiger partial charge is 0.431 e. The van der Waals surface area contributed by atoms with Gasteiger partial charge in [0.25, 0.3) is 5.19 Å². The first-order valence-corrected chi connectivity index (χ1v) is 5.76. The molecule has 0 unspecified atom stereocenters. The van der Waals surface area contributed by atoms with Crippen LogP contribution in [0.4, 0.5) is 0 Å². The van der Waals surface area contributed by atoms with E-state index >= 15 is 0 Å². The Kier molecular flexibility index (Phi) is 2.84. The number of thiazole rings is 1. The van der Waals surface area contributed by atoms with E-state index in [0.717, 1.165) is 15.8 Å². The molecule has 0 amide bonds. The lowest BCUT2D eigenvalue weighted by atomic mass is 10.2. The van der Waals surface area contributed by atoms with E-state index in [9.17, 15) is 0 Å². The van der Waals surface area contributed by atoms with Crippen LogP contribution >= 0.6 is 27.3 Å². The van der Waals surface area contributed by atoms with Gasteiger partial charge in [0.2, 0.25) is 0 Å². The van der Waals surface area contributed by atoms with Gasteiger partial charge in [0.15, 0.2) is 0 Å². The number of rotatable bonds is 2. The number of hydrogen-bond donors (Lipinski definition) is 0. The van der Waals surface area contributed by atoms with E-state index in [2.05, 4.69) is 20.9 Å². The van der Waals surface area contributed by atoms with Crippen molar-refractivity contribution in [2.75, 3.05) is 0 Å². The zero-order valence-corrected chi connectivity index (χ0v) is 9.93. The molecule has 0 fully saturated rings. The van der Waals surface area contributed by atoms with Crippen LogP contribution in [0, 0.1) is 6.92 Å². The summed E-state index contributed by atoms with van der Waals surface area (Å²) in [5.41, 5.74) is 1.10. The van der Waals surface area contributed by atoms with Gasteiger partial charge in [-0.2, -0.15) is 0 Å². The maximum Gasteiger partial charge on any atom is 0.278 e. The summed E-state index contributed by atoms with van der Waals surface area (Å²) in [6.07, 6.45) is 1.73. The number of benzene rings is 1. The monoisotopic (exact) mass is 269 g/mol. The molecule has 0 saturated heterocycles. The van der Waals surface area contributed by atoms with E-state index in [1.807, 2.05) is 30.5 Å². The predicted octanol–water partition coefficient (Wildman–Crippen LogP) is 4.01. The van der Waals surface area contributed by atoms with Crippen LogP contribution in [-0.2, 0) is 0 Å². The van der Waals surface area contributed by atoms with E-state index in [1.165, 1.54) is 11.3 Å². The molecule has 0 saturated carbocycles. The van der Waals surface area contributed by atoms with Gasteiger partial charge in [-0.3, -0.25) is 0 Å². The van der Waals surface area contributed by atoms with Gasteiger partial charge in [0, 0.05) is 16.0 Å². The van der Waals surface area contributed by atoms with Gasteiger partial charge in [-0.1, -0.05) is 33.3 Å². The molecule has 2 aromatic rings. The minimum atomic E-state index is 0.672. The fourth-order valence-electron chi connectivity index (χ4n) is 1.04. The van der Waals surface area contributed by atoms with E-state index in [1.54, 1.807) is 6.20 Å². The molecule has 2 nitrogen and oxygen atoms in total. The summed E-state index contributed by atoms with van der Waals surface area (Å²) in [6.45, 7) is 2.01. The quantitative estimate of drug-likeness (QED) is 0.822. The molecule has 1 heterocycles. The van der Waals surface area contributed by atoms with Crippen molar-refractivity contribution in [2.24, 2.45) is 0 Å². The minimum Gasteiger partial charge on any atom is -0.431 e. The van der Waals surface area contributed by atoms with Crippen LogP contribution in [0.15, 0.2) is 34.2 Å². The van der Waals surface area contributed by atoms with Crippen molar-refractivity contribution in [1.29, 1.82) is 0 Å². The number of hydrogen-bond acceptors (Lipinski definition) is 3. The Labute approximate surface area is 94.7 Å². The van der Waals surface area contributed by atoms with Gasteiger partial charge in [-0.05, 0) is 24.6 Å². The van der Waals surface area contributed by atoms with Gasteiger partial charge in [0.1, 0.15) is 5.75 Å². The molecule has 0 spiro atoms. The highest BCUT2D eigenvalue weighted by Gasteiger charge is 2.03. The average Bonchev–Trinajstić information content (AvgIpc) is 2.64. The Bertz CT molecular complexity index is 428. The highest BCUT2D eigenvalue weighted by molar-refractivity contribution is 9.10. The molecule has 1 aromatic heterocycles. The van der Waals surface area contributed by atoms with Crippen molar-refractivity contribution < 1.29 is 4.74 Å². The van der Waals surface area contributed by atoms with E-state index in [0.29, 0.717) is 5.19 Å². The average molecular weight is 270 g/mol. The van der Waals surface area contributed by atoms with Gasteiger partial charge in [-0.15, -0.1) is 0 Å². The van der Waals surface area contributed by atoms with Crippen molar-refractivity contribution >= 4 is 27.3 Å². The van der Waals surface area contributed by atoms with Crippen LogP contribution in [0.1, 0.15) is 5.56 Å². The van der Waals surface area contributed by atoms with Crippen molar-refractivity contribution in [3.63, 3.8) is 0 Å². The van der Waals surface area contributed by atoms with Crippen LogP contribution in [0.5, 0.6) is 10.9 Å². The first-order chi connectivity index (χ1) is 6.75. The summed E-state index contributed by atoms with van der Waals surface area (Å²) in [6, 6.07) is 5.94. The van der Waals surface area contributed by atoms with Crippen molar-refractivity contribution in [2.45, 2.75) is 6.92 Å². The standard InChI is InChI=1S/C10H8BrNOS/c1-7-2-3-8(11)6-9(7)13-10-12-4-5-14-10/h2-6H,1H3. The Hall–Kier alpha value is -0.870. The third kappa shape index (κ3) is 2.13. The number of aryl methyl sites for hydroxylation is 1. The highest BCUT2D eigenvalue weighted by Crippen LogP contribution is 2.28. The summed E-state index contributed by atoms with van der Waals surface area (Å²) < 4.78 is 6.62. The van der Waals surface area contributed by atoms with E-state index in [-0.39, 0.29) is 0 Å². The van der Waals surface area contributed by atoms with Crippen LogP contribution in [0.3, 0.4) is 0 Å². The summed E-state index contributed by atoms with van der Waals surface area (Å²) >= 11 is 4.89. The highest BCUT2D eigenvalue weighted by atomic mass is 79.9. The SMILES string of the molecule is Cc1ccc(Br)cc1Oc1nccs1. The number of aromatic nitrogens is 1. The van der Waals surface area contributed by atoms with Crippen LogP contribution in [0.2, 0.25) is 0 Å². The van der Waals surface area contributed by atoms with Gasteiger partial charge in [-0.25, -0.2) is 4.98 Å². The second-order valence-electron chi connectivity index (χ2n) is 2.81. The normalized spacial score (nSPS) is 10.1. The molecule has 0 atom stereocenters. The molecular formula is C10H8BrNOS. The third-order valence-electron chi connectivity index (χ3n) is 1.76. The Morgan fingerprint density at radius 2 is 2.29 bits per heavy atom. The molecular weight excluding hydrogens is 262 g/mol. The second-order valence-corrected chi connectivity index (χ2v) is 4.58. The molecule has 0 aliphatic carbocycles. The fourth-order valence-corrected chi connectivity index (χ4v) is 1.88. The summed E-state index contributed by atoms with van der Waals surface area (Å²) in [7, 11) is 0. The maximum atomic E-state index is 5.61. The topological polar surface area (TPSA) is 22.1 Å². The molecule has 14 heavy (non-hydrogen) atoms. The second kappa shape index (κ2) is 4.11. The van der Waals surface area contributed by atoms with Crippen LogP contribution in [0.25, 0.3) is 0 Å². The lowest BCUT2D eigenvalue weighted by molar-refractivity contribution is 0.475. The lowest BCUT2D eigenvalue weighted by Gasteiger charge is -2.05. The first-order valence-electron chi connectivity index (χ1n) is 4.09. The molecule has 72 valence electrons. The molecule has 0 bridgehead atoms. The Balaban J connectivity index is 2.28. The minimum absolute atomic E-state index is 0.672. The van der Waals surface area contributed by atoms with Crippen molar-refractivity contribution in [3.8, 4) is 10.9 Å². The molecule has 0 N–H and O–H groups in total. The molecule has 2 rings (SSSR count).